The molecule has 0 aliphatic rings. The van der Waals surface area contributed by atoms with Crippen LogP contribution in [0.1, 0.15) is 0 Å². The van der Waals surface area contributed by atoms with E-state index in [1.165, 1.54) is 0 Å². The van der Waals surface area contributed by atoms with Gasteiger partial charge in [-0.25, -0.2) is 4.98 Å². The Kier molecular flexibility index (Phi) is 104. The number of hydrogen-bond donors (Lipinski definition) is 1. The smallest absolute Gasteiger partial charge is 1.00 e. The summed E-state index contributed by atoms with van der Waals surface area (Å²) in [6, 6.07) is 0. The van der Waals surface area contributed by atoms with Crippen molar-refractivity contribution in [3.05, 3.63) is 18.7 Å². The van der Waals surface area contributed by atoms with Gasteiger partial charge in [-0.2, -0.15) is 0 Å². The molecule has 89 valence electrons. The first-order valence-corrected chi connectivity index (χ1v) is 4.38. The SMILES string of the molecule is CS(C)=O.[Cl-].[Cl-].[Cl-].[Cl-].[Na+].[Ru+3].c1c[nH]cn1. The number of nitrogens with one attached hydrogen (secondary N) is 1. The van der Waals surface area contributed by atoms with E-state index >= 15 is 0 Å². The van der Waals surface area contributed by atoms with Crippen LogP contribution in [0.4, 0.5) is 0 Å². The standard InChI is InChI=1S/C3H4N2.C2H6OS.4ClH.Na.Ru/c1-2-5-3-4-1;1-4(2)3;;;;;;/h1-3H,(H,4,5);1-2H3;4*1H;;/q;;;;;;+1;+3/p-4. The van der Waals surface area contributed by atoms with E-state index in [0.29, 0.717) is 0 Å². The van der Waals surface area contributed by atoms with Gasteiger partial charge in [-0.15, -0.1) is 0 Å². The van der Waals surface area contributed by atoms with Crippen LogP contribution in [0.15, 0.2) is 18.7 Å². The van der Waals surface area contributed by atoms with Gasteiger partial charge in [-0.1, -0.05) is 0 Å². The predicted molar refractivity (Wildman–Crippen MR) is 38.6 cm³/mol. The average Bonchev–Trinajstić information content (AvgIpc) is 2.11. The van der Waals surface area contributed by atoms with Gasteiger partial charge in [0.05, 0.1) is 6.33 Å². The van der Waals surface area contributed by atoms with Gasteiger partial charge in [0.2, 0.25) is 0 Å². The number of imidazole rings is 1. The molecule has 1 radical (unpaired) electrons. The van der Waals surface area contributed by atoms with Gasteiger partial charge in [0, 0.05) is 35.7 Å². The molecule has 0 spiro atoms. The molecule has 15 heavy (non-hydrogen) atoms. The fourth-order valence-electron chi connectivity index (χ4n) is 0.215. The molecule has 0 aromatic carbocycles. The molecule has 1 aromatic heterocycles. The molecule has 0 aliphatic heterocycles. The second-order valence-electron chi connectivity index (χ2n) is 1.50. The van der Waals surface area contributed by atoms with Gasteiger partial charge in [0.1, 0.15) is 0 Å². The van der Waals surface area contributed by atoms with Gasteiger partial charge in [0.25, 0.3) is 0 Å². The second kappa shape index (κ2) is 36.0. The Morgan fingerprint density at radius 1 is 1.13 bits per heavy atom. The molecule has 10 heteroatoms. The van der Waals surface area contributed by atoms with Crippen LogP contribution in [-0.4, -0.2) is 26.7 Å². The van der Waals surface area contributed by atoms with Crippen LogP contribution in [0, 0.1) is 0 Å². The quantitative estimate of drug-likeness (QED) is 0.431. The summed E-state index contributed by atoms with van der Waals surface area (Å²) in [5.74, 6) is 0. The van der Waals surface area contributed by atoms with E-state index in [9.17, 15) is 4.21 Å². The molecule has 1 rings (SSSR count). The summed E-state index contributed by atoms with van der Waals surface area (Å²) in [4.78, 5) is 6.42. The van der Waals surface area contributed by atoms with E-state index in [1.54, 1.807) is 31.2 Å². The Morgan fingerprint density at radius 3 is 1.53 bits per heavy atom. The number of aromatic amines is 1. The van der Waals surface area contributed by atoms with Crippen molar-refractivity contribution in [1.29, 1.82) is 0 Å². The fourth-order valence-corrected chi connectivity index (χ4v) is 0.215. The Bertz CT molecular complexity index is 151. The molecule has 1 heterocycles. The molecule has 1 N–H and O–H groups in total. The minimum absolute atomic E-state index is 0. The third-order valence-electron chi connectivity index (χ3n) is 0.406. The zero-order valence-electron chi connectivity index (χ0n) is 8.36. The normalized spacial score (nSPS) is 5.00. The average molecular weight is 412 g/mol. The summed E-state index contributed by atoms with van der Waals surface area (Å²) in [5.41, 5.74) is 0. The molecule has 0 unspecified atom stereocenters. The van der Waals surface area contributed by atoms with E-state index in [-0.39, 0.29) is 98.7 Å². The summed E-state index contributed by atoms with van der Waals surface area (Å²) in [6.07, 6.45) is 8.36. The fraction of sp³-hybridized carbons (Fsp3) is 0.400. The first-order valence-electron chi connectivity index (χ1n) is 2.41. The Hall–Kier alpha value is 2.14. The van der Waals surface area contributed by atoms with Gasteiger partial charge in [0.15, 0.2) is 0 Å². The van der Waals surface area contributed by atoms with Crippen molar-refractivity contribution < 1.29 is 103 Å². The number of hydrogen-bond acceptors (Lipinski definition) is 2. The minimum atomic E-state index is -0.611. The molecule has 0 aliphatic carbocycles. The third kappa shape index (κ3) is 63.3. The van der Waals surface area contributed by atoms with Gasteiger partial charge in [-0.05, 0) is 0 Å². The van der Waals surface area contributed by atoms with E-state index in [4.69, 9.17) is 0 Å². The summed E-state index contributed by atoms with van der Waals surface area (Å²) >= 11 is 0. The van der Waals surface area contributed by atoms with Gasteiger partial charge >= 0.3 is 49.0 Å². The molecular weight excluding hydrogens is 402 g/mol. The number of H-pyrrole nitrogens is 1. The largest absolute Gasteiger partial charge is 3.00 e. The van der Waals surface area contributed by atoms with Crippen LogP contribution in [0.25, 0.3) is 0 Å². The summed E-state index contributed by atoms with van der Waals surface area (Å²) in [5, 5.41) is 0. The van der Waals surface area contributed by atoms with Crippen molar-refractivity contribution >= 4 is 10.8 Å². The predicted octanol–water partition coefficient (Wildman–Crippen LogP) is -14.6. The van der Waals surface area contributed by atoms with Crippen molar-refractivity contribution in [3.63, 3.8) is 0 Å². The van der Waals surface area contributed by atoms with Gasteiger partial charge in [-0.3, -0.25) is 4.21 Å². The van der Waals surface area contributed by atoms with Crippen LogP contribution < -0.4 is 79.2 Å². The number of rotatable bonds is 0. The number of halogens is 4. The second-order valence-corrected chi connectivity index (χ2v) is 2.99. The maximum Gasteiger partial charge on any atom is 3.00 e. The van der Waals surface area contributed by atoms with Crippen LogP contribution in [0.3, 0.4) is 0 Å². The molecule has 1 aromatic rings. The van der Waals surface area contributed by atoms with E-state index < -0.39 is 10.8 Å². The van der Waals surface area contributed by atoms with E-state index in [0.717, 1.165) is 0 Å². The molecule has 0 fully saturated rings. The van der Waals surface area contributed by atoms with E-state index in [2.05, 4.69) is 9.97 Å². The minimum Gasteiger partial charge on any atom is -1.00 e. The van der Waals surface area contributed by atoms with Crippen molar-refractivity contribution in [1.82, 2.24) is 9.97 Å². The molecule has 3 nitrogen and oxygen atoms in total. The van der Waals surface area contributed by atoms with Crippen molar-refractivity contribution in [3.8, 4) is 0 Å². The maximum absolute atomic E-state index is 9.56. The van der Waals surface area contributed by atoms with Crippen molar-refractivity contribution in [2.75, 3.05) is 12.5 Å². The van der Waals surface area contributed by atoms with E-state index in [1.807, 2.05) is 0 Å². The Morgan fingerprint density at radius 2 is 1.47 bits per heavy atom. The number of nitrogens with zero attached hydrogens (tertiary/aromatic N) is 1. The molecule has 0 saturated carbocycles. The maximum atomic E-state index is 9.56. The van der Waals surface area contributed by atoms with Crippen LogP contribution in [0.2, 0.25) is 0 Å². The van der Waals surface area contributed by atoms with Gasteiger partial charge < -0.3 is 54.6 Å². The molecule has 0 bridgehead atoms. The Balaban J connectivity index is -0.0000000124. The summed E-state index contributed by atoms with van der Waals surface area (Å²) in [7, 11) is -0.611. The number of aromatic nitrogens is 2. The Labute approximate surface area is 153 Å². The van der Waals surface area contributed by atoms with Crippen LogP contribution >= 0.6 is 0 Å². The first-order chi connectivity index (χ1) is 4.23. The molecule has 0 saturated heterocycles. The molecule has 0 amide bonds. The summed E-state index contributed by atoms with van der Waals surface area (Å²) < 4.78 is 9.56. The third-order valence-corrected chi connectivity index (χ3v) is 0.406. The van der Waals surface area contributed by atoms with Crippen LogP contribution in [-0.2, 0) is 30.3 Å². The zero-order chi connectivity index (χ0) is 7.11. The van der Waals surface area contributed by atoms with Crippen molar-refractivity contribution in [2.24, 2.45) is 0 Å². The first kappa shape index (κ1) is 43.4. The van der Waals surface area contributed by atoms with Crippen molar-refractivity contribution in [2.45, 2.75) is 0 Å². The summed E-state index contributed by atoms with van der Waals surface area (Å²) in [6.45, 7) is 0. The molecular formula is C5H10Cl4N2NaORuS. The zero-order valence-corrected chi connectivity index (χ0v) is 15.9. The molecule has 0 atom stereocenters. The van der Waals surface area contributed by atoms with Crippen LogP contribution in [0.5, 0.6) is 0 Å². The monoisotopic (exact) mass is 411 g/mol. The topological polar surface area (TPSA) is 45.8 Å².